The number of carbonyl (C=O) groups excluding carboxylic acids is 1. The van der Waals surface area contributed by atoms with Gasteiger partial charge in [0, 0.05) is 18.7 Å². The van der Waals surface area contributed by atoms with Crippen molar-refractivity contribution in [3.8, 4) is 0 Å². The molecule has 0 bridgehead atoms. The quantitative estimate of drug-likeness (QED) is 0.687. The van der Waals surface area contributed by atoms with Gasteiger partial charge in [-0.1, -0.05) is 19.1 Å². The topological polar surface area (TPSA) is 57.7 Å². The number of hydrogen-bond donors (Lipinski definition) is 0. The number of Topliss-reactive ketones (excluding diaryl/α,β-unsaturated/α-hetero) is 1. The van der Waals surface area contributed by atoms with E-state index in [2.05, 4.69) is 0 Å². The first kappa shape index (κ1) is 17.8. The summed E-state index contributed by atoms with van der Waals surface area (Å²) in [5.74, 6) is -0.136. The lowest BCUT2D eigenvalue weighted by Crippen LogP contribution is -2.33. The largest absolute Gasteiger partial charge is 0.309 e. The number of nitrogens with zero attached hydrogens (tertiary/aromatic N) is 2. The van der Waals surface area contributed by atoms with Crippen LogP contribution in [-0.4, -0.2) is 57.1 Å². The van der Waals surface area contributed by atoms with E-state index in [1.807, 2.05) is 25.9 Å². The summed E-state index contributed by atoms with van der Waals surface area (Å²) in [6.07, 6.45) is 0.770. The molecule has 0 saturated carbocycles. The second kappa shape index (κ2) is 7.68. The first-order chi connectivity index (χ1) is 9.78. The maximum Gasteiger partial charge on any atom is 0.243 e. The fourth-order valence-electron chi connectivity index (χ4n) is 2.04. The van der Waals surface area contributed by atoms with Crippen molar-refractivity contribution in [3.05, 3.63) is 29.8 Å². The lowest BCUT2D eigenvalue weighted by Gasteiger charge is -2.21. The zero-order valence-corrected chi connectivity index (χ0v) is 14.0. The van der Waals surface area contributed by atoms with Crippen LogP contribution in [0.5, 0.6) is 0 Å². The van der Waals surface area contributed by atoms with E-state index in [1.54, 1.807) is 12.1 Å². The third-order valence-corrected chi connectivity index (χ3v) is 5.21. The van der Waals surface area contributed by atoms with Crippen LogP contribution < -0.4 is 0 Å². The third kappa shape index (κ3) is 4.91. The fourth-order valence-corrected chi connectivity index (χ4v) is 3.57. The van der Waals surface area contributed by atoms with E-state index in [9.17, 15) is 13.2 Å². The normalized spacial score (nSPS) is 12.1. The van der Waals surface area contributed by atoms with Crippen LogP contribution in [0, 0.1) is 0 Å². The molecule has 0 atom stereocenters. The molecular weight excluding hydrogens is 288 g/mol. The van der Waals surface area contributed by atoms with Gasteiger partial charge in [0.15, 0.2) is 5.78 Å². The van der Waals surface area contributed by atoms with Crippen LogP contribution in [0.15, 0.2) is 29.2 Å². The summed E-state index contributed by atoms with van der Waals surface area (Å²) >= 11 is 0. The second-order valence-corrected chi connectivity index (χ2v) is 7.18. The summed E-state index contributed by atoms with van der Waals surface area (Å²) in [6, 6.07) is 6.23. The van der Waals surface area contributed by atoms with Gasteiger partial charge in [0.25, 0.3) is 0 Å². The van der Waals surface area contributed by atoms with Gasteiger partial charge in [0.1, 0.15) is 0 Å². The highest BCUT2D eigenvalue weighted by molar-refractivity contribution is 7.89. The van der Waals surface area contributed by atoms with E-state index in [4.69, 9.17) is 0 Å². The van der Waals surface area contributed by atoms with Crippen molar-refractivity contribution in [2.75, 3.05) is 33.7 Å². The van der Waals surface area contributed by atoms with Crippen LogP contribution in [0.25, 0.3) is 0 Å². The Bertz CT molecular complexity index is 582. The molecule has 0 heterocycles. The molecule has 118 valence electrons. The molecule has 0 saturated heterocycles. The van der Waals surface area contributed by atoms with E-state index >= 15 is 0 Å². The van der Waals surface area contributed by atoms with Crippen molar-refractivity contribution < 1.29 is 13.2 Å². The molecule has 1 aromatic rings. The first-order valence-corrected chi connectivity index (χ1v) is 8.49. The van der Waals surface area contributed by atoms with Gasteiger partial charge >= 0.3 is 0 Å². The lowest BCUT2D eigenvalue weighted by molar-refractivity contribution is 0.101. The van der Waals surface area contributed by atoms with Crippen molar-refractivity contribution in [3.63, 3.8) is 0 Å². The Hall–Kier alpha value is -1.24. The van der Waals surface area contributed by atoms with Crippen LogP contribution in [-0.2, 0) is 10.0 Å². The minimum Gasteiger partial charge on any atom is -0.309 e. The molecule has 5 nitrogen and oxygen atoms in total. The van der Waals surface area contributed by atoms with Gasteiger partial charge < -0.3 is 4.90 Å². The summed E-state index contributed by atoms with van der Waals surface area (Å²) in [5.41, 5.74) is 0.417. The van der Waals surface area contributed by atoms with Crippen molar-refractivity contribution in [2.24, 2.45) is 0 Å². The average molecular weight is 312 g/mol. The summed E-state index contributed by atoms with van der Waals surface area (Å²) in [7, 11) is 0.376. The number of rotatable bonds is 8. The van der Waals surface area contributed by atoms with E-state index in [-0.39, 0.29) is 10.7 Å². The fraction of sp³-hybridized carbons (Fsp3) is 0.533. The first-order valence-electron chi connectivity index (χ1n) is 7.05. The molecular formula is C15H24N2O3S. The van der Waals surface area contributed by atoms with Crippen LogP contribution in [0.2, 0.25) is 0 Å². The molecule has 0 aliphatic heterocycles. The van der Waals surface area contributed by atoms with Gasteiger partial charge in [-0.2, -0.15) is 4.31 Å². The standard InChI is InChI=1S/C15H24N2O3S/c1-5-17(11-7-10-16(3)4)21(19,20)15-9-6-8-14(12-15)13(2)18/h6,8-9,12H,5,7,10-11H2,1-4H3. The summed E-state index contributed by atoms with van der Waals surface area (Å²) in [5, 5.41) is 0. The molecule has 0 aliphatic rings. The minimum atomic E-state index is -3.54. The maximum absolute atomic E-state index is 12.6. The monoisotopic (exact) mass is 312 g/mol. The molecule has 0 aliphatic carbocycles. The number of carbonyl (C=O) groups is 1. The highest BCUT2D eigenvalue weighted by Gasteiger charge is 2.23. The molecule has 0 fully saturated rings. The van der Waals surface area contributed by atoms with E-state index in [0.717, 1.165) is 13.0 Å². The van der Waals surface area contributed by atoms with Crippen LogP contribution in [0.1, 0.15) is 30.6 Å². The van der Waals surface area contributed by atoms with E-state index in [1.165, 1.54) is 23.4 Å². The zero-order chi connectivity index (χ0) is 16.0. The number of sulfonamides is 1. The summed E-state index contributed by atoms with van der Waals surface area (Å²) < 4.78 is 26.7. The van der Waals surface area contributed by atoms with Crippen LogP contribution >= 0.6 is 0 Å². The highest BCUT2D eigenvalue weighted by Crippen LogP contribution is 2.17. The highest BCUT2D eigenvalue weighted by atomic mass is 32.2. The van der Waals surface area contributed by atoms with Crippen LogP contribution in [0.3, 0.4) is 0 Å². The predicted octanol–water partition coefficient (Wildman–Crippen LogP) is 1.85. The van der Waals surface area contributed by atoms with E-state index < -0.39 is 10.0 Å². The molecule has 21 heavy (non-hydrogen) atoms. The Labute approximate surface area is 127 Å². The molecule has 0 unspecified atom stereocenters. The van der Waals surface area contributed by atoms with Crippen LogP contribution in [0.4, 0.5) is 0 Å². The van der Waals surface area contributed by atoms with Crippen molar-refractivity contribution >= 4 is 15.8 Å². The smallest absolute Gasteiger partial charge is 0.243 e. The molecule has 0 amide bonds. The molecule has 0 N–H and O–H groups in total. The molecule has 6 heteroatoms. The summed E-state index contributed by atoms with van der Waals surface area (Å²) in [6.45, 7) is 4.98. The molecule has 0 spiro atoms. The number of ketones is 1. The van der Waals surface area contributed by atoms with Gasteiger partial charge in [-0.25, -0.2) is 8.42 Å². The maximum atomic E-state index is 12.6. The van der Waals surface area contributed by atoms with Gasteiger partial charge in [0.05, 0.1) is 4.90 Å². The second-order valence-electron chi connectivity index (χ2n) is 5.24. The Kier molecular flexibility index (Phi) is 6.51. The predicted molar refractivity (Wildman–Crippen MR) is 84.1 cm³/mol. The van der Waals surface area contributed by atoms with Gasteiger partial charge in [-0.3, -0.25) is 4.79 Å². The molecule has 0 radical (unpaired) electrons. The van der Waals surface area contributed by atoms with Gasteiger partial charge in [-0.05, 0) is 46.1 Å². The van der Waals surface area contributed by atoms with Crippen molar-refractivity contribution in [2.45, 2.75) is 25.2 Å². The Balaban J connectivity index is 2.96. The zero-order valence-electron chi connectivity index (χ0n) is 13.2. The van der Waals surface area contributed by atoms with Gasteiger partial charge in [0.2, 0.25) is 10.0 Å². The number of hydrogen-bond acceptors (Lipinski definition) is 4. The SMILES string of the molecule is CCN(CCCN(C)C)S(=O)(=O)c1cccc(C(C)=O)c1. The molecule has 1 aromatic carbocycles. The van der Waals surface area contributed by atoms with Crippen molar-refractivity contribution in [1.29, 1.82) is 0 Å². The van der Waals surface area contributed by atoms with Gasteiger partial charge in [-0.15, -0.1) is 0 Å². The summed E-state index contributed by atoms with van der Waals surface area (Å²) in [4.78, 5) is 13.6. The Morgan fingerprint density at radius 2 is 1.86 bits per heavy atom. The average Bonchev–Trinajstić information content (AvgIpc) is 2.43. The molecule has 1 rings (SSSR count). The van der Waals surface area contributed by atoms with Crippen molar-refractivity contribution in [1.82, 2.24) is 9.21 Å². The number of benzene rings is 1. The lowest BCUT2D eigenvalue weighted by atomic mass is 10.2. The third-order valence-electron chi connectivity index (χ3n) is 3.24. The molecule has 0 aromatic heterocycles. The minimum absolute atomic E-state index is 0.136. The Morgan fingerprint density at radius 1 is 1.19 bits per heavy atom. The Morgan fingerprint density at radius 3 is 2.38 bits per heavy atom. The van der Waals surface area contributed by atoms with E-state index in [0.29, 0.717) is 18.7 Å².